The van der Waals surface area contributed by atoms with Crippen LogP contribution in [0.1, 0.15) is 30.0 Å². The van der Waals surface area contributed by atoms with E-state index in [1.807, 2.05) is 30.1 Å². The number of fused-ring (bicyclic) bond motifs is 1. The first-order chi connectivity index (χ1) is 11.2. The maximum Gasteiger partial charge on any atom is 0.124 e. The lowest BCUT2D eigenvalue weighted by molar-refractivity contribution is 0.249. The number of aromatic nitrogens is 3. The molecular weight excluding hydrogens is 291 g/mol. The highest BCUT2D eigenvalue weighted by atomic mass is 19.1. The number of nitrogens with zero attached hydrogens (tertiary/aromatic N) is 4. The van der Waals surface area contributed by atoms with Gasteiger partial charge in [-0.05, 0) is 43.1 Å². The van der Waals surface area contributed by atoms with Crippen molar-refractivity contribution in [3.8, 4) is 0 Å². The second kappa shape index (κ2) is 5.74. The number of rotatable bonds is 3. The van der Waals surface area contributed by atoms with Gasteiger partial charge in [0.1, 0.15) is 5.82 Å². The molecule has 4 rings (SSSR count). The Morgan fingerprint density at radius 3 is 3.09 bits per heavy atom. The maximum atomic E-state index is 13.9. The number of hydrogen-bond donors (Lipinski definition) is 0. The van der Waals surface area contributed by atoms with E-state index in [1.54, 1.807) is 18.3 Å². The SMILES string of the molecule is Cn1cc(C2CCCN2Cc2cc(F)cc3cccnc23)cn1. The molecule has 0 spiro atoms. The molecule has 4 nitrogen and oxygen atoms in total. The molecular formula is C18H19FN4. The normalized spacial score (nSPS) is 18.8. The second-order valence-electron chi connectivity index (χ2n) is 6.22. The molecule has 1 aliphatic rings. The van der Waals surface area contributed by atoms with E-state index in [-0.39, 0.29) is 5.82 Å². The Kier molecular flexibility index (Phi) is 3.58. The fourth-order valence-corrected chi connectivity index (χ4v) is 3.57. The summed E-state index contributed by atoms with van der Waals surface area (Å²) in [6.07, 6.45) is 8.05. The quantitative estimate of drug-likeness (QED) is 0.743. The first kappa shape index (κ1) is 14.3. The van der Waals surface area contributed by atoms with Gasteiger partial charge in [-0.15, -0.1) is 0 Å². The predicted molar refractivity (Wildman–Crippen MR) is 87.3 cm³/mol. The van der Waals surface area contributed by atoms with E-state index in [1.165, 1.54) is 5.56 Å². The van der Waals surface area contributed by atoms with Gasteiger partial charge in [0.05, 0.1) is 11.7 Å². The molecule has 0 N–H and O–H groups in total. The molecule has 3 aromatic rings. The Labute approximate surface area is 134 Å². The van der Waals surface area contributed by atoms with E-state index in [4.69, 9.17) is 0 Å². The van der Waals surface area contributed by atoms with Crippen molar-refractivity contribution in [1.82, 2.24) is 19.7 Å². The minimum absolute atomic E-state index is 0.197. The fourth-order valence-electron chi connectivity index (χ4n) is 3.57. The first-order valence-corrected chi connectivity index (χ1v) is 7.96. The summed E-state index contributed by atoms with van der Waals surface area (Å²) in [5, 5.41) is 5.15. The summed E-state index contributed by atoms with van der Waals surface area (Å²) in [5.74, 6) is -0.197. The molecule has 1 fully saturated rings. The van der Waals surface area contributed by atoms with Crippen LogP contribution in [0.15, 0.2) is 42.9 Å². The molecule has 1 unspecified atom stereocenters. The fraction of sp³-hybridized carbons (Fsp3) is 0.333. The summed E-state index contributed by atoms with van der Waals surface area (Å²) >= 11 is 0. The zero-order chi connectivity index (χ0) is 15.8. The van der Waals surface area contributed by atoms with Gasteiger partial charge in [-0.25, -0.2) is 4.39 Å². The van der Waals surface area contributed by atoms with E-state index < -0.39 is 0 Å². The van der Waals surface area contributed by atoms with E-state index >= 15 is 0 Å². The highest BCUT2D eigenvalue weighted by Crippen LogP contribution is 2.33. The minimum Gasteiger partial charge on any atom is -0.292 e. The number of hydrogen-bond acceptors (Lipinski definition) is 3. The number of halogens is 1. The monoisotopic (exact) mass is 310 g/mol. The zero-order valence-corrected chi connectivity index (χ0v) is 13.1. The Morgan fingerprint density at radius 2 is 2.26 bits per heavy atom. The minimum atomic E-state index is -0.197. The van der Waals surface area contributed by atoms with Gasteiger partial charge in [0.25, 0.3) is 0 Å². The molecule has 0 aliphatic carbocycles. The summed E-state index contributed by atoms with van der Waals surface area (Å²) in [4.78, 5) is 6.86. The van der Waals surface area contributed by atoms with Gasteiger partial charge in [-0.1, -0.05) is 6.07 Å². The molecule has 0 amide bonds. The van der Waals surface area contributed by atoms with Crippen molar-refractivity contribution in [2.75, 3.05) is 6.54 Å². The summed E-state index contributed by atoms with van der Waals surface area (Å²) in [5.41, 5.74) is 3.08. The Balaban J connectivity index is 1.67. The average Bonchev–Trinajstić information content (AvgIpc) is 3.16. The van der Waals surface area contributed by atoms with E-state index in [0.717, 1.165) is 35.9 Å². The highest BCUT2D eigenvalue weighted by molar-refractivity contribution is 5.81. The van der Waals surface area contributed by atoms with Crippen LogP contribution in [0.25, 0.3) is 10.9 Å². The second-order valence-corrected chi connectivity index (χ2v) is 6.22. The Hall–Kier alpha value is -2.27. The largest absolute Gasteiger partial charge is 0.292 e. The van der Waals surface area contributed by atoms with Gasteiger partial charge in [0.15, 0.2) is 0 Å². The van der Waals surface area contributed by atoms with Crippen molar-refractivity contribution in [2.45, 2.75) is 25.4 Å². The highest BCUT2D eigenvalue weighted by Gasteiger charge is 2.27. The van der Waals surface area contributed by atoms with Crippen LogP contribution in [0.4, 0.5) is 4.39 Å². The van der Waals surface area contributed by atoms with Crippen LogP contribution < -0.4 is 0 Å². The molecule has 1 aliphatic heterocycles. The molecule has 0 saturated carbocycles. The number of benzene rings is 1. The molecule has 1 aromatic carbocycles. The third-order valence-corrected chi connectivity index (χ3v) is 4.60. The lowest BCUT2D eigenvalue weighted by Crippen LogP contribution is -2.22. The van der Waals surface area contributed by atoms with Crippen LogP contribution in [0.2, 0.25) is 0 Å². The standard InChI is InChI=1S/C18H19FN4/c1-22-11-15(10-21-22)17-5-3-7-23(17)12-14-9-16(19)8-13-4-2-6-20-18(13)14/h2,4,6,8-11,17H,3,5,7,12H2,1H3. The number of pyridine rings is 1. The van der Waals surface area contributed by atoms with Gasteiger partial charge in [0, 0.05) is 43.0 Å². The van der Waals surface area contributed by atoms with Crippen molar-refractivity contribution in [2.24, 2.45) is 7.05 Å². The molecule has 2 aromatic heterocycles. The van der Waals surface area contributed by atoms with E-state index in [2.05, 4.69) is 21.2 Å². The van der Waals surface area contributed by atoms with Gasteiger partial charge in [0.2, 0.25) is 0 Å². The lowest BCUT2D eigenvalue weighted by atomic mass is 10.1. The van der Waals surface area contributed by atoms with Crippen molar-refractivity contribution >= 4 is 10.9 Å². The van der Waals surface area contributed by atoms with E-state index in [9.17, 15) is 4.39 Å². The van der Waals surface area contributed by atoms with Crippen LogP contribution >= 0.6 is 0 Å². The number of likely N-dealkylation sites (tertiary alicyclic amines) is 1. The molecule has 3 heterocycles. The van der Waals surface area contributed by atoms with Gasteiger partial charge in [-0.2, -0.15) is 5.10 Å². The molecule has 23 heavy (non-hydrogen) atoms. The third kappa shape index (κ3) is 2.72. The third-order valence-electron chi connectivity index (χ3n) is 4.60. The van der Waals surface area contributed by atoms with Crippen molar-refractivity contribution < 1.29 is 4.39 Å². The zero-order valence-electron chi connectivity index (χ0n) is 13.1. The molecule has 0 radical (unpaired) electrons. The Bertz CT molecular complexity index is 842. The molecule has 5 heteroatoms. The van der Waals surface area contributed by atoms with Crippen molar-refractivity contribution in [3.63, 3.8) is 0 Å². The summed E-state index contributed by atoms with van der Waals surface area (Å²) < 4.78 is 15.8. The molecule has 118 valence electrons. The van der Waals surface area contributed by atoms with Crippen LogP contribution in [-0.2, 0) is 13.6 Å². The smallest absolute Gasteiger partial charge is 0.124 e. The van der Waals surface area contributed by atoms with Gasteiger partial charge >= 0.3 is 0 Å². The lowest BCUT2D eigenvalue weighted by Gasteiger charge is -2.24. The topological polar surface area (TPSA) is 34.0 Å². The average molecular weight is 310 g/mol. The molecule has 1 atom stereocenters. The Morgan fingerprint density at radius 1 is 1.35 bits per heavy atom. The predicted octanol–water partition coefficient (Wildman–Crippen LogP) is 3.44. The van der Waals surface area contributed by atoms with Crippen LogP contribution in [-0.4, -0.2) is 26.2 Å². The van der Waals surface area contributed by atoms with Crippen molar-refractivity contribution in [3.05, 3.63) is 59.8 Å². The van der Waals surface area contributed by atoms with Crippen LogP contribution in [0.3, 0.4) is 0 Å². The maximum absolute atomic E-state index is 13.9. The summed E-state index contributed by atoms with van der Waals surface area (Å²) in [6.45, 7) is 1.73. The van der Waals surface area contributed by atoms with E-state index in [0.29, 0.717) is 12.6 Å². The summed E-state index contributed by atoms with van der Waals surface area (Å²) in [7, 11) is 1.94. The summed E-state index contributed by atoms with van der Waals surface area (Å²) in [6, 6.07) is 7.28. The van der Waals surface area contributed by atoms with Crippen LogP contribution in [0.5, 0.6) is 0 Å². The number of aryl methyl sites for hydroxylation is 1. The van der Waals surface area contributed by atoms with Gasteiger partial charge in [-0.3, -0.25) is 14.6 Å². The van der Waals surface area contributed by atoms with Gasteiger partial charge < -0.3 is 0 Å². The first-order valence-electron chi connectivity index (χ1n) is 7.96. The van der Waals surface area contributed by atoms with Crippen molar-refractivity contribution in [1.29, 1.82) is 0 Å². The molecule has 1 saturated heterocycles. The van der Waals surface area contributed by atoms with Crippen LogP contribution in [0, 0.1) is 5.82 Å². The molecule has 0 bridgehead atoms.